The van der Waals surface area contributed by atoms with Gasteiger partial charge in [0.2, 0.25) is 0 Å². The monoisotopic (exact) mass is 319 g/mol. The fourth-order valence-electron chi connectivity index (χ4n) is 2.44. The van der Waals surface area contributed by atoms with Crippen molar-refractivity contribution in [1.82, 2.24) is 5.32 Å². The summed E-state index contributed by atoms with van der Waals surface area (Å²) < 4.78 is 13.1. The molecule has 0 saturated heterocycles. The van der Waals surface area contributed by atoms with Gasteiger partial charge in [-0.2, -0.15) is 0 Å². The van der Waals surface area contributed by atoms with Crippen molar-refractivity contribution in [1.29, 1.82) is 0 Å². The Bertz CT molecular complexity index is 551. The Labute approximate surface area is 137 Å². The van der Waals surface area contributed by atoms with E-state index in [4.69, 9.17) is 11.6 Å². The lowest BCUT2D eigenvalue weighted by molar-refractivity contribution is 0.371. The average Bonchev–Trinajstić information content (AvgIpc) is 2.54. The Morgan fingerprint density at radius 2 is 1.64 bits per heavy atom. The highest BCUT2D eigenvalue weighted by atomic mass is 35.5. The van der Waals surface area contributed by atoms with Gasteiger partial charge in [0, 0.05) is 11.1 Å². The molecule has 2 rings (SSSR count). The third-order valence-electron chi connectivity index (χ3n) is 3.78. The Morgan fingerprint density at radius 1 is 1.00 bits per heavy atom. The number of hydrogen-bond donors (Lipinski definition) is 1. The second kappa shape index (κ2) is 8.92. The number of rotatable bonds is 8. The smallest absolute Gasteiger partial charge is 0.105 e. The van der Waals surface area contributed by atoms with Crippen molar-refractivity contribution in [2.45, 2.75) is 32.2 Å². The van der Waals surface area contributed by atoms with E-state index in [9.17, 15) is 4.39 Å². The van der Waals surface area contributed by atoms with Crippen LogP contribution in [-0.2, 0) is 12.8 Å². The summed E-state index contributed by atoms with van der Waals surface area (Å²) in [5.41, 5.74) is 3.68. The maximum Gasteiger partial charge on any atom is 0.105 e. The standard InChI is InChI=1S/C19H23ClFN/c1-15-4-6-17(7-5-15)13-19(14-21)22-12-2-3-16-8-10-18(20)11-9-16/h4-11,19,22H,2-3,12-14H2,1H3. The summed E-state index contributed by atoms with van der Waals surface area (Å²) in [6.07, 6.45) is 2.71. The summed E-state index contributed by atoms with van der Waals surface area (Å²) in [5, 5.41) is 4.07. The van der Waals surface area contributed by atoms with Gasteiger partial charge in [0.1, 0.15) is 6.67 Å². The van der Waals surface area contributed by atoms with Gasteiger partial charge >= 0.3 is 0 Å². The van der Waals surface area contributed by atoms with Gasteiger partial charge < -0.3 is 5.32 Å². The van der Waals surface area contributed by atoms with Gasteiger partial charge in [-0.3, -0.25) is 0 Å². The summed E-state index contributed by atoms with van der Waals surface area (Å²) in [5.74, 6) is 0. The van der Waals surface area contributed by atoms with Crippen LogP contribution in [0.5, 0.6) is 0 Å². The van der Waals surface area contributed by atoms with Gasteiger partial charge in [0.25, 0.3) is 0 Å². The molecule has 0 spiro atoms. The van der Waals surface area contributed by atoms with Crippen LogP contribution in [0.2, 0.25) is 5.02 Å². The number of nitrogens with one attached hydrogen (secondary N) is 1. The molecule has 0 aliphatic rings. The van der Waals surface area contributed by atoms with Gasteiger partial charge in [-0.05, 0) is 56.0 Å². The zero-order chi connectivity index (χ0) is 15.8. The van der Waals surface area contributed by atoms with Crippen LogP contribution in [0.3, 0.4) is 0 Å². The van der Waals surface area contributed by atoms with E-state index in [0.717, 1.165) is 30.8 Å². The van der Waals surface area contributed by atoms with Crippen molar-refractivity contribution in [3.8, 4) is 0 Å². The summed E-state index contributed by atoms with van der Waals surface area (Å²) in [7, 11) is 0. The van der Waals surface area contributed by atoms with E-state index in [1.807, 2.05) is 24.3 Å². The number of halogens is 2. The molecule has 118 valence electrons. The zero-order valence-electron chi connectivity index (χ0n) is 13.0. The van der Waals surface area contributed by atoms with Crippen LogP contribution in [0.25, 0.3) is 0 Å². The SMILES string of the molecule is Cc1ccc(CC(CF)NCCCc2ccc(Cl)cc2)cc1. The fraction of sp³-hybridized carbons (Fsp3) is 0.368. The highest BCUT2D eigenvalue weighted by Crippen LogP contribution is 2.11. The van der Waals surface area contributed by atoms with E-state index in [1.54, 1.807) is 0 Å². The molecule has 0 heterocycles. The molecule has 2 aromatic rings. The molecule has 1 unspecified atom stereocenters. The van der Waals surface area contributed by atoms with Crippen molar-refractivity contribution < 1.29 is 4.39 Å². The van der Waals surface area contributed by atoms with Gasteiger partial charge in [-0.15, -0.1) is 0 Å². The first-order valence-electron chi connectivity index (χ1n) is 7.76. The second-order valence-electron chi connectivity index (χ2n) is 5.73. The zero-order valence-corrected chi connectivity index (χ0v) is 13.7. The Morgan fingerprint density at radius 3 is 2.27 bits per heavy atom. The Hall–Kier alpha value is -1.38. The summed E-state index contributed by atoms with van der Waals surface area (Å²) in [4.78, 5) is 0. The van der Waals surface area contributed by atoms with Crippen LogP contribution in [0.1, 0.15) is 23.1 Å². The summed E-state index contributed by atoms with van der Waals surface area (Å²) >= 11 is 5.87. The molecular weight excluding hydrogens is 297 g/mol. The topological polar surface area (TPSA) is 12.0 Å². The van der Waals surface area contributed by atoms with Gasteiger partial charge in [0.15, 0.2) is 0 Å². The molecule has 0 radical (unpaired) electrons. The summed E-state index contributed by atoms with van der Waals surface area (Å²) in [6.45, 7) is 2.54. The van der Waals surface area contributed by atoms with Crippen molar-refractivity contribution in [2.24, 2.45) is 0 Å². The second-order valence-corrected chi connectivity index (χ2v) is 6.16. The lowest BCUT2D eigenvalue weighted by Gasteiger charge is -2.15. The molecule has 0 saturated carbocycles. The quantitative estimate of drug-likeness (QED) is 0.692. The normalized spacial score (nSPS) is 12.3. The maximum absolute atomic E-state index is 13.1. The predicted molar refractivity (Wildman–Crippen MR) is 92.4 cm³/mol. The molecule has 0 amide bonds. The third-order valence-corrected chi connectivity index (χ3v) is 4.03. The molecule has 0 aromatic heterocycles. The van der Waals surface area contributed by atoms with E-state index < -0.39 is 0 Å². The molecule has 3 heteroatoms. The van der Waals surface area contributed by atoms with Crippen molar-refractivity contribution in [2.75, 3.05) is 13.2 Å². The number of alkyl halides is 1. The predicted octanol–water partition coefficient (Wildman–Crippen LogP) is 4.75. The average molecular weight is 320 g/mol. The largest absolute Gasteiger partial charge is 0.311 e. The van der Waals surface area contributed by atoms with Gasteiger partial charge in [-0.25, -0.2) is 4.39 Å². The Kier molecular flexibility index (Phi) is 6.88. The van der Waals surface area contributed by atoms with Crippen LogP contribution >= 0.6 is 11.6 Å². The lowest BCUT2D eigenvalue weighted by Crippen LogP contribution is -2.34. The van der Waals surface area contributed by atoms with Crippen LogP contribution in [0, 0.1) is 6.92 Å². The fourth-order valence-corrected chi connectivity index (χ4v) is 2.57. The van der Waals surface area contributed by atoms with Crippen LogP contribution < -0.4 is 5.32 Å². The first-order chi connectivity index (χ1) is 10.7. The van der Waals surface area contributed by atoms with E-state index in [-0.39, 0.29) is 12.7 Å². The molecule has 0 fully saturated rings. The molecule has 1 nitrogen and oxygen atoms in total. The van der Waals surface area contributed by atoms with Crippen molar-refractivity contribution >= 4 is 11.6 Å². The molecule has 0 aliphatic carbocycles. The first kappa shape index (κ1) is 17.0. The minimum Gasteiger partial charge on any atom is -0.311 e. The molecule has 0 bridgehead atoms. The van der Waals surface area contributed by atoms with Crippen molar-refractivity contribution in [3.63, 3.8) is 0 Å². The molecule has 0 aliphatic heterocycles. The van der Waals surface area contributed by atoms with E-state index in [0.29, 0.717) is 0 Å². The molecule has 1 atom stereocenters. The lowest BCUT2D eigenvalue weighted by atomic mass is 10.0. The highest BCUT2D eigenvalue weighted by Gasteiger charge is 2.08. The van der Waals surface area contributed by atoms with Crippen LogP contribution in [0.4, 0.5) is 4.39 Å². The summed E-state index contributed by atoms with van der Waals surface area (Å²) in [6, 6.07) is 16.1. The molecule has 22 heavy (non-hydrogen) atoms. The number of hydrogen-bond acceptors (Lipinski definition) is 1. The van der Waals surface area contributed by atoms with Crippen LogP contribution in [0.15, 0.2) is 48.5 Å². The minimum atomic E-state index is -0.338. The molecular formula is C19H23ClFN. The maximum atomic E-state index is 13.1. The minimum absolute atomic E-state index is 0.104. The van der Waals surface area contributed by atoms with Crippen LogP contribution in [-0.4, -0.2) is 19.3 Å². The van der Waals surface area contributed by atoms with Gasteiger partial charge in [0.05, 0.1) is 0 Å². The highest BCUT2D eigenvalue weighted by molar-refractivity contribution is 6.30. The Balaban J connectivity index is 1.71. The number of benzene rings is 2. The molecule has 1 N–H and O–H groups in total. The van der Waals surface area contributed by atoms with E-state index in [2.05, 4.69) is 36.5 Å². The van der Waals surface area contributed by atoms with E-state index in [1.165, 1.54) is 16.7 Å². The third kappa shape index (κ3) is 5.78. The van der Waals surface area contributed by atoms with Gasteiger partial charge in [-0.1, -0.05) is 53.6 Å². The number of aryl methyl sites for hydroxylation is 2. The van der Waals surface area contributed by atoms with Crippen molar-refractivity contribution in [3.05, 3.63) is 70.2 Å². The van der Waals surface area contributed by atoms with E-state index >= 15 is 0 Å². The molecule has 2 aromatic carbocycles. The first-order valence-corrected chi connectivity index (χ1v) is 8.14.